The van der Waals surface area contributed by atoms with Crippen molar-refractivity contribution in [3.05, 3.63) is 11.6 Å². The first-order valence-corrected chi connectivity index (χ1v) is 8.28. The number of aliphatic hydroxyl groups is 1. The van der Waals surface area contributed by atoms with E-state index >= 15 is 0 Å². The Morgan fingerprint density at radius 1 is 1.35 bits per heavy atom. The summed E-state index contributed by atoms with van der Waals surface area (Å²) in [4.78, 5) is 23.3. The minimum Gasteiger partial charge on any atom is -0.461 e. The molecule has 130 valence electrons. The van der Waals surface area contributed by atoms with Crippen LogP contribution in [0.3, 0.4) is 0 Å². The van der Waals surface area contributed by atoms with Crippen LogP contribution in [-0.4, -0.2) is 54.4 Å². The van der Waals surface area contributed by atoms with Gasteiger partial charge in [-0.15, -0.1) is 0 Å². The molecule has 1 aliphatic rings. The van der Waals surface area contributed by atoms with E-state index < -0.39 is 6.10 Å². The normalized spacial score (nSPS) is 18.1. The van der Waals surface area contributed by atoms with Crippen LogP contribution in [-0.2, 0) is 14.3 Å². The van der Waals surface area contributed by atoms with Crippen molar-refractivity contribution in [2.75, 3.05) is 20.7 Å². The molecule has 23 heavy (non-hydrogen) atoms. The third-order valence-electron chi connectivity index (χ3n) is 3.59. The van der Waals surface area contributed by atoms with Gasteiger partial charge in [-0.3, -0.25) is 4.79 Å². The number of nitrogens with zero attached hydrogens (tertiary/aromatic N) is 2. The van der Waals surface area contributed by atoms with Crippen LogP contribution in [0.1, 0.15) is 51.9 Å². The van der Waals surface area contributed by atoms with E-state index in [2.05, 4.69) is 5.10 Å². The zero-order valence-electron chi connectivity index (χ0n) is 14.4. The Morgan fingerprint density at radius 3 is 2.61 bits per heavy atom. The third kappa shape index (κ3) is 7.41. The first-order valence-electron chi connectivity index (χ1n) is 8.28. The highest BCUT2D eigenvalue weighted by Crippen LogP contribution is 2.20. The molecule has 0 heterocycles. The van der Waals surface area contributed by atoms with Crippen molar-refractivity contribution >= 4 is 17.5 Å². The predicted octanol–water partition coefficient (Wildman–Crippen LogP) is 2.07. The number of unbranched alkanes of at least 4 members (excludes halogenated alkanes) is 3. The lowest BCUT2D eigenvalue weighted by atomic mass is 10.0. The van der Waals surface area contributed by atoms with Crippen molar-refractivity contribution in [3.8, 4) is 0 Å². The van der Waals surface area contributed by atoms with Crippen molar-refractivity contribution in [1.82, 2.24) is 5.01 Å². The molecule has 0 spiro atoms. The lowest BCUT2D eigenvalue weighted by molar-refractivity contribution is -0.135. The largest absolute Gasteiger partial charge is 0.461 e. The molecule has 0 aromatic heterocycles. The molecule has 0 bridgehead atoms. The van der Waals surface area contributed by atoms with Crippen LogP contribution < -0.4 is 0 Å². The van der Waals surface area contributed by atoms with Crippen LogP contribution >= 0.6 is 0 Å². The van der Waals surface area contributed by atoms with Gasteiger partial charge >= 0.3 is 5.97 Å². The molecule has 0 aliphatic heterocycles. The number of esters is 1. The van der Waals surface area contributed by atoms with E-state index in [9.17, 15) is 14.7 Å². The number of carbonyl (C=O) groups excluding carboxylic acids is 2. The van der Waals surface area contributed by atoms with E-state index in [4.69, 9.17) is 4.74 Å². The number of ketones is 1. The van der Waals surface area contributed by atoms with Gasteiger partial charge in [0.25, 0.3) is 0 Å². The van der Waals surface area contributed by atoms with Crippen LogP contribution in [0, 0.1) is 0 Å². The average Bonchev–Trinajstić information content (AvgIpc) is 2.79. The molecule has 0 amide bonds. The molecule has 0 saturated heterocycles. The molecule has 0 radical (unpaired) electrons. The maximum absolute atomic E-state index is 11.8. The number of rotatable bonds is 10. The number of hydrogen-bond acceptors (Lipinski definition) is 6. The zero-order chi connectivity index (χ0) is 17.2. The lowest BCUT2D eigenvalue weighted by Gasteiger charge is -2.10. The summed E-state index contributed by atoms with van der Waals surface area (Å²) in [5.41, 5.74) is 1.22. The van der Waals surface area contributed by atoms with Crippen LogP contribution in [0.25, 0.3) is 0 Å². The van der Waals surface area contributed by atoms with Gasteiger partial charge in [0, 0.05) is 20.5 Å². The van der Waals surface area contributed by atoms with Crippen molar-refractivity contribution in [2.45, 2.75) is 58.0 Å². The maximum Gasteiger partial charge on any atom is 0.354 e. The van der Waals surface area contributed by atoms with E-state index in [1.807, 2.05) is 0 Å². The fourth-order valence-electron chi connectivity index (χ4n) is 2.54. The fraction of sp³-hybridized carbons (Fsp3) is 0.706. The second-order valence-corrected chi connectivity index (χ2v) is 5.92. The molecule has 1 unspecified atom stereocenters. The van der Waals surface area contributed by atoms with Crippen molar-refractivity contribution in [3.63, 3.8) is 0 Å². The first kappa shape index (κ1) is 19.4. The molecule has 0 saturated carbocycles. The Morgan fingerprint density at radius 2 is 2.04 bits per heavy atom. The summed E-state index contributed by atoms with van der Waals surface area (Å²) >= 11 is 0. The summed E-state index contributed by atoms with van der Waals surface area (Å²) < 4.78 is 5.01. The van der Waals surface area contributed by atoms with E-state index in [0.29, 0.717) is 18.7 Å². The summed E-state index contributed by atoms with van der Waals surface area (Å²) in [6.07, 6.45) is 6.37. The number of ether oxygens (including phenoxy) is 1. The Labute approximate surface area is 138 Å². The molecular weight excluding hydrogens is 296 g/mol. The van der Waals surface area contributed by atoms with E-state index in [0.717, 1.165) is 37.7 Å². The van der Waals surface area contributed by atoms with Gasteiger partial charge in [0.1, 0.15) is 5.71 Å². The highest BCUT2D eigenvalue weighted by atomic mass is 16.5. The molecule has 1 N–H and O–H groups in total. The molecule has 0 aromatic carbocycles. The van der Waals surface area contributed by atoms with Crippen LogP contribution in [0.5, 0.6) is 0 Å². The molecule has 1 rings (SSSR count). The number of hydrazone groups is 1. The van der Waals surface area contributed by atoms with Gasteiger partial charge in [0.2, 0.25) is 0 Å². The zero-order valence-corrected chi connectivity index (χ0v) is 14.4. The predicted molar refractivity (Wildman–Crippen MR) is 89.2 cm³/mol. The molecule has 1 aliphatic carbocycles. The average molecular weight is 324 g/mol. The minimum absolute atomic E-state index is 0.0696. The SMILES string of the molecule is CCOC(=O)C(CCCCCCC1=CC(O)CC1=O)=NN(C)C. The van der Waals surface area contributed by atoms with Crippen molar-refractivity contribution in [1.29, 1.82) is 0 Å². The van der Waals surface area contributed by atoms with Gasteiger partial charge in [-0.2, -0.15) is 5.10 Å². The maximum atomic E-state index is 11.8. The highest BCUT2D eigenvalue weighted by Gasteiger charge is 2.21. The lowest BCUT2D eigenvalue weighted by Crippen LogP contribution is -2.21. The van der Waals surface area contributed by atoms with E-state index in [-0.39, 0.29) is 18.2 Å². The number of carbonyl (C=O) groups is 2. The molecule has 6 nitrogen and oxygen atoms in total. The van der Waals surface area contributed by atoms with Gasteiger partial charge < -0.3 is 14.9 Å². The second kappa shape index (κ2) is 10.2. The molecular formula is C17H28N2O4. The monoisotopic (exact) mass is 324 g/mol. The highest BCUT2D eigenvalue weighted by molar-refractivity contribution is 6.36. The quantitative estimate of drug-likeness (QED) is 0.288. The van der Waals surface area contributed by atoms with Crippen molar-refractivity contribution < 1.29 is 19.4 Å². The Balaban J connectivity index is 2.25. The summed E-state index contributed by atoms with van der Waals surface area (Å²) in [6, 6.07) is 0. The van der Waals surface area contributed by atoms with Crippen LogP contribution in [0.4, 0.5) is 0 Å². The summed E-state index contributed by atoms with van der Waals surface area (Å²) in [7, 11) is 3.56. The van der Waals surface area contributed by atoms with E-state index in [1.165, 1.54) is 0 Å². The van der Waals surface area contributed by atoms with Gasteiger partial charge in [-0.05, 0) is 44.3 Å². The van der Waals surface area contributed by atoms with Crippen LogP contribution in [0.2, 0.25) is 0 Å². The summed E-state index contributed by atoms with van der Waals surface area (Å²) in [5, 5.41) is 15.2. The number of aliphatic hydroxyl groups excluding tert-OH is 1. The number of allylic oxidation sites excluding steroid dienone is 1. The molecule has 6 heteroatoms. The van der Waals surface area contributed by atoms with Gasteiger partial charge in [0.15, 0.2) is 5.78 Å². The van der Waals surface area contributed by atoms with Crippen LogP contribution in [0.15, 0.2) is 16.8 Å². The Kier molecular flexibility index (Phi) is 8.55. The van der Waals surface area contributed by atoms with Crippen molar-refractivity contribution in [2.24, 2.45) is 5.10 Å². The summed E-state index contributed by atoms with van der Waals surface area (Å²) in [5.74, 6) is -0.280. The molecule has 1 atom stereocenters. The molecule has 0 fully saturated rings. The number of Topliss-reactive ketones (excluding diaryl/α,β-unsaturated/α-hetero) is 1. The number of hydrogen-bond donors (Lipinski definition) is 1. The fourth-order valence-corrected chi connectivity index (χ4v) is 2.54. The topological polar surface area (TPSA) is 79.2 Å². The van der Waals surface area contributed by atoms with E-state index in [1.54, 1.807) is 32.1 Å². The van der Waals surface area contributed by atoms with Gasteiger partial charge in [-0.1, -0.05) is 12.8 Å². The Bertz CT molecular complexity index is 469. The third-order valence-corrected chi connectivity index (χ3v) is 3.59. The first-order chi connectivity index (χ1) is 10.9. The Hall–Kier alpha value is -1.69. The van der Waals surface area contributed by atoms with Gasteiger partial charge in [-0.25, -0.2) is 4.79 Å². The van der Waals surface area contributed by atoms with Gasteiger partial charge in [0.05, 0.1) is 12.7 Å². The smallest absolute Gasteiger partial charge is 0.354 e. The molecule has 0 aromatic rings. The minimum atomic E-state index is -0.591. The second-order valence-electron chi connectivity index (χ2n) is 5.92. The summed E-state index contributed by atoms with van der Waals surface area (Å²) in [6.45, 7) is 2.13. The standard InChI is InChI=1S/C17H28N2O4/c1-4-23-17(22)15(18-19(2)3)10-8-6-5-7-9-13-11-14(20)12-16(13)21/h11,14,20H,4-10,12H2,1-3H3.